The lowest BCUT2D eigenvalue weighted by atomic mass is 9.98. The van der Waals surface area contributed by atoms with Crippen LogP contribution in [-0.2, 0) is 33.3 Å². The summed E-state index contributed by atoms with van der Waals surface area (Å²) in [6.45, 7) is 2.22. The van der Waals surface area contributed by atoms with Gasteiger partial charge in [0.05, 0.1) is 6.61 Å². The number of aliphatic hydroxyl groups is 6. The van der Waals surface area contributed by atoms with E-state index in [4.69, 9.17) is 23.7 Å². The number of hydrogen-bond acceptors (Lipinski definition) is 13. The highest BCUT2D eigenvalue weighted by atomic mass is 16.8. The number of esters is 2. The van der Waals surface area contributed by atoms with Crippen LogP contribution < -0.4 is 0 Å². The molecular formula is C32H58O13. The van der Waals surface area contributed by atoms with Crippen molar-refractivity contribution in [3.8, 4) is 0 Å². The third-order valence-corrected chi connectivity index (χ3v) is 8.46. The summed E-state index contributed by atoms with van der Waals surface area (Å²) in [5, 5.41) is 61.4. The van der Waals surface area contributed by atoms with Crippen LogP contribution in [0.1, 0.15) is 117 Å². The Morgan fingerprint density at radius 2 is 1.11 bits per heavy atom. The van der Waals surface area contributed by atoms with Gasteiger partial charge in [-0.05, 0) is 6.42 Å². The van der Waals surface area contributed by atoms with Crippen molar-refractivity contribution in [1.82, 2.24) is 0 Å². The topological polar surface area (TPSA) is 202 Å². The van der Waals surface area contributed by atoms with E-state index in [9.17, 15) is 40.2 Å². The van der Waals surface area contributed by atoms with E-state index in [1.807, 2.05) is 0 Å². The minimum atomic E-state index is -1.79. The van der Waals surface area contributed by atoms with Crippen molar-refractivity contribution in [2.24, 2.45) is 0 Å². The molecule has 0 aliphatic carbocycles. The molecule has 0 unspecified atom stereocenters. The van der Waals surface area contributed by atoms with Gasteiger partial charge >= 0.3 is 11.9 Å². The van der Waals surface area contributed by atoms with Crippen LogP contribution in [0.4, 0.5) is 0 Å². The van der Waals surface area contributed by atoms with Gasteiger partial charge in [-0.3, -0.25) is 9.59 Å². The van der Waals surface area contributed by atoms with Crippen LogP contribution in [0.25, 0.3) is 0 Å². The fourth-order valence-corrected chi connectivity index (χ4v) is 5.64. The molecule has 264 valence electrons. The Bertz CT molecular complexity index is 812. The molecule has 2 saturated heterocycles. The molecule has 2 fully saturated rings. The zero-order valence-corrected chi connectivity index (χ0v) is 27.0. The maximum absolute atomic E-state index is 12.7. The minimum absolute atomic E-state index is 0.0568. The van der Waals surface area contributed by atoms with Gasteiger partial charge in [-0.25, -0.2) is 0 Å². The lowest BCUT2D eigenvalue weighted by Crippen LogP contribution is -2.64. The molecule has 0 aromatic rings. The second-order valence-electron chi connectivity index (χ2n) is 12.3. The maximum Gasteiger partial charge on any atom is 0.306 e. The van der Waals surface area contributed by atoms with Gasteiger partial charge in [0.2, 0.25) is 6.29 Å². The average molecular weight is 651 g/mol. The van der Waals surface area contributed by atoms with E-state index in [0.29, 0.717) is 6.42 Å². The highest BCUT2D eigenvalue weighted by molar-refractivity contribution is 5.69. The number of carbonyl (C=O) groups excluding carboxylic acids is 2. The van der Waals surface area contributed by atoms with Crippen molar-refractivity contribution in [3.05, 3.63) is 0 Å². The quantitative estimate of drug-likeness (QED) is 0.0734. The first-order valence-corrected chi connectivity index (χ1v) is 16.9. The average Bonchev–Trinajstić information content (AvgIpc) is 3.01. The van der Waals surface area contributed by atoms with Gasteiger partial charge in [-0.1, -0.05) is 96.8 Å². The van der Waals surface area contributed by atoms with Crippen molar-refractivity contribution in [2.45, 2.75) is 178 Å². The first kappa shape index (κ1) is 39.8. The highest BCUT2D eigenvalue weighted by Crippen LogP contribution is 2.30. The Labute approximate surface area is 267 Å². The summed E-state index contributed by atoms with van der Waals surface area (Å²) in [5.74, 6) is -1.32. The van der Waals surface area contributed by atoms with Crippen molar-refractivity contribution >= 4 is 11.9 Å². The highest BCUT2D eigenvalue weighted by Gasteiger charge is 2.51. The molecule has 2 rings (SSSR count). The Hall–Kier alpha value is -1.42. The molecule has 2 heterocycles. The first-order chi connectivity index (χ1) is 21.6. The first-order valence-electron chi connectivity index (χ1n) is 16.9. The predicted octanol–water partition coefficient (Wildman–Crippen LogP) is 1.99. The van der Waals surface area contributed by atoms with E-state index in [2.05, 4.69) is 6.92 Å². The molecular weight excluding hydrogens is 592 g/mol. The molecule has 0 aromatic carbocycles. The van der Waals surface area contributed by atoms with Crippen LogP contribution in [-0.4, -0.2) is 117 Å². The SMILES string of the molecule is CCCCCCCCCCCCCCCCCC(=O)O[C@H]1[C@@H](O[C@H]2O[C@H](CO)[C@@H](O)[C@H](O)[C@H]2O)O[C@H](COC(C)=O)[C@@H](O)[C@@H]1O. The molecule has 2 aliphatic rings. The third kappa shape index (κ3) is 14.1. The second kappa shape index (κ2) is 22.2. The molecule has 0 aromatic heterocycles. The Morgan fingerprint density at radius 1 is 0.622 bits per heavy atom. The van der Waals surface area contributed by atoms with Crippen LogP contribution in [0.2, 0.25) is 0 Å². The van der Waals surface area contributed by atoms with Gasteiger partial charge in [-0.2, -0.15) is 0 Å². The van der Waals surface area contributed by atoms with Crippen molar-refractivity contribution in [3.63, 3.8) is 0 Å². The zero-order chi connectivity index (χ0) is 33.2. The van der Waals surface area contributed by atoms with Gasteiger partial charge < -0.3 is 54.3 Å². The predicted molar refractivity (Wildman–Crippen MR) is 162 cm³/mol. The normalized spacial score (nSPS) is 31.9. The molecule has 0 amide bonds. The van der Waals surface area contributed by atoms with Gasteiger partial charge in [0.1, 0.15) is 49.3 Å². The standard InChI is InChI=1S/C32H58O13/c1-3-4-5-6-7-8-9-10-11-12-13-14-15-16-17-18-24(35)44-30-28(39)26(37)23(20-41-21(2)34)43-32(30)45-31-29(40)27(38)25(36)22(19-33)42-31/h22-23,25-33,36-40H,3-20H2,1-2H3/t22-,23-,25-,26-,27+,28+,29-,30-,31-,32-/m1/s1. The summed E-state index contributed by atoms with van der Waals surface area (Å²) >= 11 is 0. The Morgan fingerprint density at radius 3 is 1.62 bits per heavy atom. The van der Waals surface area contributed by atoms with Crippen LogP contribution >= 0.6 is 0 Å². The summed E-state index contributed by atoms with van der Waals surface area (Å²) in [5.41, 5.74) is 0. The molecule has 10 atom stereocenters. The smallest absolute Gasteiger partial charge is 0.306 e. The number of hydrogen-bond donors (Lipinski definition) is 6. The fraction of sp³-hybridized carbons (Fsp3) is 0.938. The zero-order valence-electron chi connectivity index (χ0n) is 27.0. The molecule has 13 heteroatoms. The molecule has 0 saturated carbocycles. The molecule has 0 bridgehead atoms. The third-order valence-electron chi connectivity index (χ3n) is 8.46. The van der Waals surface area contributed by atoms with E-state index in [1.165, 1.54) is 64.2 Å². The van der Waals surface area contributed by atoms with E-state index in [1.54, 1.807) is 0 Å². The maximum atomic E-state index is 12.7. The summed E-state index contributed by atoms with van der Waals surface area (Å²) in [4.78, 5) is 24.0. The van der Waals surface area contributed by atoms with E-state index in [-0.39, 0.29) is 6.42 Å². The van der Waals surface area contributed by atoms with Crippen LogP contribution in [0.5, 0.6) is 0 Å². The molecule has 2 aliphatic heterocycles. The van der Waals surface area contributed by atoms with Gasteiger partial charge in [0.25, 0.3) is 0 Å². The molecule has 0 spiro atoms. The van der Waals surface area contributed by atoms with Crippen molar-refractivity contribution in [2.75, 3.05) is 13.2 Å². The van der Waals surface area contributed by atoms with E-state index in [0.717, 1.165) is 32.6 Å². The van der Waals surface area contributed by atoms with Gasteiger partial charge in [-0.15, -0.1) is 0 Å². The molecule has 45 heavy (non-hydrogen) atoms. The van der Waals surface area contributed by atoms with Crippen molar-refractivity contribution in [1.29, 1.82) is 0 Å². The summed E-state index contributed by atoms with van der Waals surface area (Å²) in [6.07, 6.45) is 1.82. The van der Waals surface area contributed by atoms with Crippen LogP contribution in [0, 0.1) is 0 Å². The van der Waals surface area contributed by atoms with Gasteiger partial charge in [0.15, 0.2) is 12.4 Å². The number of ether oxygens (including phenoxy) is 5. The fourth-order valence-electron chi connectivity index (χ4n) is 5.64. The summed E-state index contributed by atoms with van der Waals surface area (Å²) in [6, 6.07) is 0. The number of carbonyl (C=O) groups is 2. The number of unbranched alkanes of at least 4 members (excludes halogenated alkanes) is 14. The van der Waals surface area contributed by atoms with Crippen LogP contribution in [0.15, 0.2) is 0 Å². The monoisotopic (exact) mass is 650 g/mol. The second-order valence-corrected chi connectivity index (χ2v) is 12.3. The summed E-state index contributed by atoms with van der Waals surface area (Å²) < 4.78 is 27.0. The summed E-state index contributed by atoms with van der Waals surface area (Å²) in [7, 11) is 0. The lowest BCUT2D eigenvalue weighted by Gasteiger charge is -2.45. The molecule has 0 radical (unpaired) electrons. The lowest BCUT2D eigenvalue weighted by molar-refractivity contribution is -0.376. The van der Waals surface area contributed by atoms with E-state index >= 15 is 0 Å². The minimum Gasteiger partial charge on any atom is -0.463 e. The molecule has 6 N–H and O–H groups in total. The number of aliphatic hydroxyl groups excluding tert-OH is 6. The molecule has 13 nitrogen and oxygen atoms in total. The Kier molecular flexibility index (Phi) is 19.6. The van der Waals surface area contributed by atoms with Crippen LogP contribution in [0.3, 0.4) is 0 Å². The Balaban J connectivity index is 1.78. The van der Waals surface area contributed by atoms with Gasteiger partial charge in [0, 0.05) is 13.3 Å². The van der Waals surface area contributed by atoms with E-state index < -0.39 is 86.6 Å². The van der Waals surface area contributed by atoms with Crippen molar-refractivity contribution < 1.29 is 63.9 Å². The largest absolute Gasteiger partial charge is 0.463 e. The number of rotatable bonds is 22.